The molecule has 0 aromatic heterocycles. The summed E-state index contributed by atoms with van der Waals surface area (Å²) in [4.78, 5) is 10.8. The highest BCUT2D eigenvalue weighted by Gasteiger charge is 2.16. The Balaban J connectivity index is 2.29. The average Bonchev–Trinajstić information content (AvgIpc) is 2.55. The van der Waals surface area contributed by atoms with E-state index in [1.165, 1.54) is 41.9 Å². The van der Waals surface area contributed by atoms with Gasteiger partial charge in [0.1, 0.15) is 5.82 Å². The number of carbonyl (C=O) groups is 1. The summed E-state index contributed by atoms with van der Waals surface area (Å²) in [6.07, 6.45) is 2.36. The fourth-order valence-corrected chi connectivity index (χ4v) is 3.23. The van der Waals surface area contributed by atoms with E-state index >= 15 is 0 Å². The first kappa shape index (κ1) is 18.1. The molecule has 24 heavy (non-hydrogen) atoms. The van der Waals surface area contributed by atoms with Crippen molar-refractivity contribution in [3.63, 3.8) is 0 Å². The van der Waals surface area contributed by atoms with Gasteiger partial charge in [-0.3, -0.25) is 14.7 Å². The number of benzene rings is 2. The van der Waals surface area contributed by atoms with Crippen molar-refractivity contribution in [2.24, 2.45) is 0 Å². The molecule has 9 heteroatoms. The molecule has 2 rings (SSSR count). The number of rotatable bonds is 5. The van der Waals surface area contributed by atoms with Crippen LogP contribution in [0.2, 0.25) is 0 Å². The van der Waals surface area contributed by atoms with Crippen molar-refractivity contribution in [1.82, 2.24) is 5.48 Å². The smallest absolute Gasteiger partial charge is 0.267 e. The second kappa shape index (κ2) is 7.56. The van der Waals surface area contributed by atoms with E-state index in [1.807, 2.05) is 0 Å². The molecule has 6 nitrogen and oxygen atoms in total. The van der Waals surface area contributed by atoms with Gasteiger partial charge in [-0.1, -0.05) is 28.1 Å². The van der Waals surface area contributed by atoms with Crippen LogP contribution >= 0.6 is 15.9 Å². The minimum absolute atomic E-state index is 0.101. The molecule has 0 aliphatic rings. The fourth-order valence-electron chi connectivity index (χ4n) is 1.77. The van der Waals surface area contributed by atoms with Crippen molar-refractivity contribution in [1.29, 1.82) is 0 Å². The Kier molecular flexibility index (Phi) is 5.71. The van der Waals surface area contributed by atoms with Crippen molar-refractivity contribution in [2.45, 2.75) is 4.90 Å². The summed E-state index contributed by atoms with van der Waals surface area (Å²) in [7, 11) is -4.00. The predicted octanol–water partition coefficient (Wildman–Crippen LogP) is 2.91. The number of amides is 1. The van der Waals surface area contributed by atoms with E-state index in [0.29, 0.717) is 10.0 Å². The second-order valence-corrected chi connectivity index (χ2v) is 7.21. The second-order valence-electron chi connectivity index (χ2n) is 4.61. The van der Waals surface area contributed by atoms with Crippen LogP contribution < -0.4 is 10.2 Å². The Morgan fingerprint density at radius 2 is 1.96 bits per heavy atom. The molecule has 1 amide bonds. The Morgan fingerprint density at radius 3 is 2.62 bits per heavy atom. The molecule has 0 spiro atoms. The summed E-state index contributed by atoms with van der Waals surface area (Å²) in [5.41, 5.74) is 1.65. The summed E-state index contributed by atoms with van der Waals surface area (Å²) in [6, 6.07) is 9.64. The van der Waals surface area contributed by atoms with E-state index < -0.39 is 21.7 Å². The number of sulfonamides is 1. The molecule has 2 aromatic rings. The van der Waals surface area contributed by atoms with E-state index in [2.05, 4.69) is 20.7 Å². The largest absolute Gasteiger partial charge is 0.288 e. The molecule has 0 heterocycles. The van der Waals surface area contributed by atoms with Crippen molar-refractivity contribution >= 4 is 43.6 Å². The van der Waals surface area contributed by atoms with Crippen LogP contribution in [0.15, 0.2) is 57.9 Å². The molecule has 0 unspecified atom stereocenters. The van der Waals surface area contributed by atoms with Gasteiger partial charge in [-0.05, 0) is 42.0 Å². The van der Waals surface area contributed by atoms with Crippen LogP contribution in [0.1, 0.15) is 5.56 Å². The lowest BCUT2D eigenvalue weighted by molar-refractivity contribution is -0.124. The lowest BCUT2D eigenvalue weighted by atomic mass is 10.2. The molecule has 0 fully saturated rings. The molecule has 0 aliphatic heterocycles. The lowest BCUT2D eigenvalue weighted by Gasteiger charge is -2.09. The number of hydroxylamine groups is 1. The van der Waals surface area contributed by atoms with Crippen LogP contribution in [-0.4, -0.2) is 19.5 Å². The molecule has 0 aliphatic carbocycles. The zero-order valence-electron chi connectivity index (χ0n) is 12.0. The maximum Gasteiger partial charge on any atom is 0.267 e. The van der Waals surface area contributed by atoms with Crippen LogP contribution in [0.3, 0.4) is 0 Å². The maximum absolute atomic E-state index is 13.8. The lowest BCUT2D eigenvalue weighted by Crippen LogP contribution is -2.15. The van der Waals surface area contributed by atoms with Gasteiger partial charge in [-0.25, -0.2) is 18.3 Å². The van der Waals surface area contributed by atoms with E-state index in [1.54, 1.807) is 6.07 Å². The summed E-state index contributed by atoms with van der Waals surface area (Å²) in [6.45, 7) is 0. The third kappa shape index (κ3) is 4.63. The van der Waals surface area contributed by atoms with Crippen LogP contribution in [0.5, 0.6) is 0 Å². The molecule has 0 atom stereocenters. The average molecular weight is 415 g/mol. The molecular formula is C15H12BrFN2O4S. The number of hydrogen-bond acceptors (Lipinski definition) is 4. The zero-order chi connectivity index (χ0) is 17.7. The van der Waals surface area contributed by atoms with Crippen molar-refractivity contribution in [3.8, 4) is 0 Å². The number of anilines is 1. The minimum Gasteiger partial charge on any atom is -0.288 e. The number of carbonyl (C=O) groups excluding carboxylic acids is 1. The van der Waals surface area contributed by atoms with Crippen LogP contribution in [-0.2, 0) is 14.8 Å². The molecule has 3 N–H and O–H groups in total. The topological polar surface area (TPSA) is 95.5 Å². The van der Waals surface area contributed by atoms with Gasteiger partial charge < -0.3 is 0 Å². The molecule has 0 radical (unpaired) electrons. The Morgan fingerprint density at radius 1 is 1.21 bits per heavy atom. The SMILES string of the molecule is O=C(C=Cc1cccc(S(=O)(=O)Nc2ccc(Br)cc2F)c1)NO. The van der Waals surface area contributed by atoms with E-state index in [0.717, 1.165) is 12.1 Å². The number of nitrogens with one attached hydrogen (secondary N) is 2. The molecule has 126 valence electrons. The van der Waals surface area contributed by atoms with Gasteiger partial charge >= 0.3 is 0 Å². The van der Waals surface area contributed by atoms with Crippen LogP contribution in [0.4, 0.5) is 10.1 Å². The first-order chi connectivity index (χ1) is 11.3. The summed E-state index contributed by atoms with van der Waals surface area (Å²) in [5, 5.41) is 8.41. The number of halogens is 2. The first-order valence-electron chi connectivity index (χ1n) is 6.52. The van der Waals surface area contributed by atoms with Gasteiger partial charge in [0.25, 0.3) is 15.9 Å². The third-order valence-electron chi connectivity index (χ3n) is 2.88. The highest BCUT2D eigenvalue weighted by atomic mass is 79.9. The van der Waals surface area contributed by atoms with Gasteiger partial charge in [-0.2, -0.15) is 0 Å². The van der Waals surface area contributed by atoms with Crippen molar-refractivity contribution in [2.75, 3.05) is 4.72 Å². The number of hydrogen-bond donors (Lipinski definition) is 3. The summed E-state index contributed by atoms with van der Waals surface area (Å²) >= 11 is 3.09. The zero-order valence-corrected chi connectivity index (χ0v) is 14.4. The van der Waals surface area contributed by atoms with Crippen LogP contribution in [0, 0.1) is 5.82 Å². The standard InChI is InChI=1S/C15H12BrFN2O4S/c16-11-5-6-14(13(17)9-11)19-24(22,23)12-3-1-2-10(8-12)4-7-15(20)18-21/h1-9,19,21H,(H,18,20). The molecule has 0 saturated heterocycles. The predicted molar refractivity (Wildman–Crippen MR) is 90.3 cm³/mol. The quantitative estimate of drug-likeness (QED) is 0.398. The molecular weight excluding hydrogens is 403 g/mol. The van der Waals surface area contributed by atoms with Gasteiger partial charge in [0.15, 0.2) is 0 Å². The van der Waals surface area contributed by atoms with Gasteiger partial charge in [0.05, 0.1) is 10.6 Å². The highest BCUT2D eigenvalue weighted by Crippen LogP contribution is 2.23. The van der Waals surface area contributed by atoms with Gasteiger partial charge in [-0.15, -0.1) is 0 Å². The Labute approximate surface area is 146 Å². The molecule has 0 saturated carbocycles. The first-order valence-corrected chi connectivity index (χ1v) is 8.79. The Bertz CT molecular complexity index is 900. The van der Waals surface area contributed by atoms with E-state index in [-0.39, 0.29) is 10.6 Å². The van der Waals surface area contributed by atoms with Crippen molar-refractivity contribution in [3.05, 3.63) is 64.4 Å². The normalized spacial score (nSPS) is 11.5. The van der Waals surface area contributed by atoms with E-state index in [4.69, 9.17) is 5.21 Å². The third-order valence-corrected chi connectivity index (χ3v) is 4.74. The van der Waals surface area contributed by atoms with Gasteiger partial charge in [0, 0.05) is 10.5 Å². The highest BCUT2D eigenvalue weighted by molar-refractivity contribution is 9.10. The fraction of sp³-hybridized carbons (Fsp3) is 0. The minimum atomic E-state index is -4.00. The van der Waals surface area contributed by atoms with Crippen molar-refractivity contribution < 1.29 is 22.8 Å². The molecule has 2 aromatic carbocycles. The van der Waals surface area contributed by atoms with E-state index in [9.17, 15) is 17.6 Å². The monoisotopic (exact) mass is 414 g/mol. The summed E-state index contributed by atoms with van der Waals surface area (Å²) in [5.74, 6) is -1.47. The summed E-state index contributed by atoms with van der Waals surface area (Å²) < 4.78 is 41.1. The Hall–Kier alpha value is -2.23. The van der Waals surface area contributed by atoms with Gasteiger partial charge in [0.2, 0.25) is 0 Å². The van der Waals surface area contributed by atoms with Crippen LogP contribution in [0.25, 0.3) is 6.08 Å². The molecule has 0 bridgehead atoms. The maximum atomic E-state index is 13.8.